The van der Waals surface area contributed by atoms with E-state index in [1.165, 1.54) is 34.8 Å². The van der Waals surface area contributed by atoms with Gasteiger partial charge in [0.2, 0.25) is 10.0 Å². The molecule has 0 saturated carbocycles. The Kier molecular flexibility index (Phi) is 6.97. The van der Waals surface area contributed by atoms with Gasteiger partial charge in [-0.3, -0.25) is 0 Å². The molecule has 0 N–H and O–H groups in total. The van der Waals surface area contributed by atoms with Crippen molar-refractivity contribution in [1.29, 1.82) is 0 Å². The maximum Gasteiger partial charge on any atom is 0.339 e. The molecule has 2 aromatic rings. The van der Waals surface area contributed by atoms with Crippen molar-refractivity contribution in [2.75, 3.05) is 43.9 Å². The number of hydrogen-bond acceptors (Lipinski definition) is 8. The van der Waals surface area contributed by atoms with Gasteiger partial charge in [-0.15, -0.1) is 0 Å². The number of nitrogens with zero attached hydrogens (tertiary/aromatic N) is 3. The number of hydrogen-bond donors (Lipinski definition) is 0. The fourth-order valence-electron chi connectivity index (χ4n) is 3.28. The van der Waals surface area contributed by atoms with Gasteiger partial charge in [0.05, 0.1) is 22.0 Å². The number of sulfone groups is 1. The molecule has 168 valence electrons. The first-order valence-electron chi connectivity index (χ1n) is 9.81. The average molecular weight is 468 g/mol. The van der Waals surface area contributed by atoms with E-state index in [1.54, 1.807) is 19.1 Å². The molecule has 3 rings (SSSR count). The third-order valence-electron chi connectivity index (χ3n) is 4.93. The average Bonchev–Trinajstić information content (AvgIpc) is 3.00. The van der Waals surface area contributed by atoms with Gasteiger partial charge in [-0.25, -0.2) is 26.6 Å². The van der Waals surface area contributed by atoms with Crippen LogP contribution in [0.15, 0.2) is 52.4 Å². The Balaban J connectivity index is 1.71. The van der Waals surface area contributed by atoms with Crippen molar-refractivity contribution in [3.05, 3.63) is 48.2 Å². The molecule has 0 bridgehead atoms. The van der Waals surface area contributed by atoms with Gasteiger partial charge in [0, 0.05) is 38.6 Å². The quantitative estimate of drug-likeness (QED) is 0.588. The molecule has 1 saturated heterocycles. The summed E-state index contributed by atoms with van der Waals surface area (Å²) in [5, 5.41) is 0. The zero-order valence-electron chi connectivity index (χ0n) is 17.4. The van der Waals surface area contributed by atoms with Gasteiger partial charge < -0.3 is 9.64 Å². The lowest BCUT2D eigenvalue weighted by atomic mass is 10.2. The number of carbonyl (C=O) groups is 1. The van der Waals surface area contributed by atoms with Crippen molar-refractivity contribution in [3.8, 4) is 0 Å². The Labute approximate surface area is 182 Å². The molecule has 1 aliphatic heterocycles. The molecule has 1 aromatic heterocycles. The van der Waals surface area contributed by atoms with Gasteiger partial charge in [-0.2, -0.15) is 4.31 Å². The number of benzene rings is 1. The normalized spacial score (nSPS) is 16.0. The molecule has 31 heavy (non-hydrogen) atoms. The van der Waals surface area contributed by atoms with Gasteiger partial charge >= 0.3 is 5.97 Å². The Morgan fingerprint density at radius 3 is 2.23 bits per heavy atom. The van der Waals surface area contributed by atoms with Crippen LogP contribution in [0, 0.1) is 0 Å². The maximum atomic E-state index is 13.0. The standard InChI is InChI=1S/C20H25N3O6S2/c1-3-29-20(24)16-5-10-19(21-15-16)22-11-4-12-23(14-13-22)31(27,28)18-8-6-17(7-9-18)30(2,25)26/h5-10,15H,3-4,11-14H2,1-2H3. The third kappa shape index (κ3) is 5.41. The van der Waals surface area contributed by atoms with Crippen LogP contribution in [0.3, 0.4) is 0 Å². The van der Waals surface area contributed by atoms with E-state index in [0.717, 1.165) is 6.26 Å². The minimum absolute atomic E-state index is 0.0604. The summed E-state index contributed by atoms with van der Waals surface area (Å²) in [5.74, 6) is 0.223. The zero-order valence-corrected chi connectivity index (χ0v) is 19.0. The van der Waals surface area contributed by atoms with E-state index in [0.29, 0.717) is 37.4 Å². The molecule has 1 aliphatic rings. The molecule has 0 aliphatic carbocycles. The third-order valence-corrected chi connectivity index (χ3v) is 7.97. The summed E-state index contributed by atoms with van der Waals surface area (Å²) in [7, 11) is -7.14. The fraction of sp³-hybridized carbons (Fsp3) is 0.400. The number of aromatic nitrogens is 1. The van der Waals surface area contributed by atoms with Crippen molar-refractivity contribution in [2.45, 2.75) is 23.1 Å². The second-order valence-corrected chi connectivity index (χ2v) is 11.1. The highest BCUT2D eigenvalue weighted by Crippen LogP contribution is 2.21. The first-order chi connectivity index (χ1) is 14.6. The smallest absolute Gasteiger partial charge is 0.339 e. The van der Waals surface area contributed by atoms with Crippen molar-refractivity contribution in [2.24, 2.45) is 0 Å². The van der Waals surface area contributed by atoms with Gasteiger partial charge in [-0.1, -0.05) is 0 Å². The van der Waals surface area contributed by atoms with E-state index in [4.69, 9.17) is 4.74 Å². The van der Waals surface area contributed by atoms with Gasteiger partial charge in [0.15, 0.2) is 9.84 Å². The molecule has 2 heterocycles. The van der Waals surface area contributed by atoms with E-state index < -0.39 is 25.8 Å². The molecule has 0 spiro atoms. The Morgan fingerprint density at radius 2 is 1.65 bits per heavy atom. The summed E-state index contributed by atoms with van der Waals surface area (Å²) >= 11 is 0. The SMILES string of the molecule is CCOC(=O)c1ccc(N2CCCN(S(=O)(=O)c3ccc(S(C)(=O)=O)cc3)CC2)nc1. The van der Waals surface area contributed by atoms with E-state index in [-0.39, 0.29) is 22.9 Å². The van der Waals surface area contributed by atoms with Crippen LogP contribution >= 0.6 is 0 Å². The summed E-state index contributed by atoms with van der Waals surface area (Å²) in [6, 6.07) is 8.63. The molecular weight excluding hydrogens is 442 g/mol. The first kappa shape index (κ1) is 23.2. The number of anilines is 1. The predicted molar refractivity (Wildman–Crippen MR) is 115 cm³/mol. The molecule has 0 amide bonds. The van der Waals surface area contributed by atoms with Crippen LogP contribution in [0.4, 0.5) is 5.82 Å². The van der Waals surface area contributed by atoms with Crippen LogP contribution in [0.1, 0.15) is 23.7 Å². The highest BCUT2D eigenvalue weighted by molar-refractivity contribution is 7.90. The Morgan fingerprint density at radius 1 is 0.968 bits per heavy atom. The first-order valence-corrected chi connectivity index (χ1v) is 13.1. The minimum Gasteiger partial charge on any atom is -0.462 e. The number of pyridine rings is 1. The van der Waals surface area contributed by atoms with Crippen LogP contribution in [0.2, 0.25) is 0 Å². The van der Waals surface area contributed by atoms with Crippen LogP contribution in [-0.4, -0.2) is 71.1 Å². The van der Waals surface area contributed by atoms with Crippen LogP contribution in [0.25, 0.3) is 0 Å². The van der Waals surface area contributed by atoms with Crippen molar-refractivity contribution in [1.82, 2.24) is 9.29 Å². The molecule has 0 unspecified atom stereocenters. The summed E-state index contributed by atoms with van der Waals surface area (Å²) < 4.78 is 55.6. The molecule has 0 atom stereocenters. The lowest BCUT2D eigenvalue weighted by Crippen LogP contribution is -2.35. The second-order valence-electron chi connectivity index (χ2n) is 7.11. The van der Waals surface area contributed by atoms with E-state index in [2.05, 4.69) is 4.98 Å². The molecule has 9 nitrogen and oxygen atoms in total. The maximum absolute atomic E-state index is 13.0. The van der Waals surface area contributed by atoms with Crippen molar-refractivity contribution in [3.63, 3.8) is 0 Å². The topological polar surface area (TPSA) is 114 Å². The lowest BCUT2D eigenvalue weighted by molar-refractivity contribution is 0.0526. The van der Waals surface area contributed by atoms with Gasteiger partial charge in [0.25, 0.3) is 0 Å². The highest BCUT2D eigenvalue weighted by Gasteiger charge is 2.27. The van der Waals surface area contributed by atoms with Crippen LogP contribution < -0.4 is 4.90 Å². The van der Waals surface area contributed by atoms with Crippen molar-refractivity contribution >= 4 is 31.6 Å². The van der Waals surface area contributed by atoms with E-state index in [1.807, 2.05) is 4.90 Å². The second kappa shape index (κ2) is 9.33. The summed E-state index contributed by atoms with van der Waals surface area (Å²) in [6.07, 6.45) is 3.13. The summed E-state index contributed by atoms with van der Waals surface area (Å²) in [4.78, 5) is 18.2. The number of ether oxygens (including phenoxy) is 1. The number of rotatable bonds is 6. The Bertz CT molecular complexity index is 1130. The van der Waals surface area contributed by atoms with E-state index >= 15 is 0 Å². The molecule has 1 aromatic carbocycles. The highest BCUT2D eigenvalue weighted by atomic mass is 32.2. The van der Waals surface area contributed by atoms with E-state index in [9.17, 15) is 21.6 Å². The lowest BCUT2D eigenvalue weighted by Gasteiger charge is -2.22. The molecular formula is C20H25N3O6S2. The van der Waals surface area contributed by atoms with Crippen LogP contribution in [-0.2, 0) is 24.6 Å². The summed E-state index contributed by atoms with van der Waals surface area (Å²) in [6.45, 7) is 3.67. The fourth-order valence-corrected chi connectivity index (χ4v) is 5.38. The number of esters is 1. The predicted octanol–water partition coefficient (Wildman–Crippen LogP) is 1.56. The van der Waals surface area contributed by atoms with Gasteiger partial charge in [0.1, 0.15) is 5.82 Å². The molecule has 0 radical (unpaired) electrons. The minimum atomic E-state index is -3.75. The Hall–Kier alpha value is -2.50. The number of carbonyl (C=O) groups excluding carboxylic acids is 1. The molecule has 11 heteroatoms. The number of sulfonamides is 1. The largest absolute Gasteiger partial charge is 0.462 e. The zero-order chi connectivity index (χ0) is 22.6. The van der Waals surface area contributed by atoms with Crippen LogP contribution in [0.5, 0.6) is 0 Å². The molecule has 1 fully saturated rings. The van der Waals surface area contributed by atoms with Gasteiger partial charge in [-0.05, 0) is 49.7 Å². The summed E-state index contributed by atoms with van der Waals surface area (Å²) in [5.41, 5.74) is 0.363. The monoisotopic (exact) mass is 467 g/mol. The van der Waals surface area contributed by atoms with Crippen molar-refractivity contribution < 1.29 is 26.4 Å².